The number of nitrogens with zero attached hydrogens (tertiary/aromatic N) is 1. The number of fused-ring (bicyclic) bond motifs is 2. The molecule has 2 aliphatic heterocycles. The van der Waals surface area contributed by atoms with Crippen LogP contribution in [-0.4, -0.2) is 34.0 Å². The lowest BCUT2D eigenvalue weighted by molar-refractivity contribution is -0.331. The average molecular weight is 431 g/mol. The van der Waals surface area contributed by atoms with Crippen molar-refractivity contribution in [3.05, 3.63) is 64.2 Å². The van der Waals surface area contributed by atoms with Crippen molar-refractivity contribution in [1.29, 1.82) is 0 Å². The first-order valence-electron chi connectivity index (χ1n) is 9.91. The number of furan rings is 1. The van der Waals surface area contributed by atoms with Gasteiger partial charge in [-0.2, -0.15) is 0 Å². The molecule has 1 spiro atoms. The quantitative estimate of drug-likeness (QED) is 0.657. The van der Waals surface area contributed by atoms with Crippen LogP contribution in [-0.2, 0) is 28.3 Å². The molecular weight excluding hydrogens is 409 g/mol. The van der Waals surface area contributed by atoms with Gasteiger partial charge in [-0.25, -0.2) is 9.37 Å². The van der Waals surface area contributed by atoms with E-state index >= 15 is 0 Å². The Morgan fingerprint density at radius 1 is 1.37 bits per heavy atom. The lowest BCUT2D eigenvalue weighted by Crippen LogP contribution is -2.52. The molecule has 1 aromatic carbocycles. The number of aliphatic hydroxyl groups excluding tert-OH is 2. The average Bonchev–Trinajstić information content (AvgIpc) is 3.44. The van der Waals surface area contributed by atoms with Gasteiger partial charge in [0.2, 0.25) is 5.79 Å². The summed E-state index contributed by atoms with van der Waals surface area (Å²) in [4.78, 5) is 5.29. The SMILES string of the molecule is C[C@@H]1C[C@H](O)C(CO)[C@@]2(OCc3cc(F)c(Cc4ncc(-c5ccco5)s4)cc32)O1. The van der Waals surface area contributed by atoms with Crippen LogP contribution < -0.4 is 0 Å². The molecule has 2 aromatic heterocycles. The number of aromatic nitrogens is 1. The Bertz CT molecular complexity index is 1050. The van der Waals surface area contributed by atoms with Crippen molar-refractivity contribution in [1.82, 2.24) is 4.98 Å². The van der Waals surface area contributed by atoms with E-state index in [1.165, 1.54) is 17.4 Å². The second kappa shape index (κ2) is 7.55. The number of ether oxygens (including phenoxy) is 2. The van der Waals surface area contributed by atoms with E-state index in [9.17, 15) is 14.6 Å². The monoisotopic (exact) mass is 431 g/mol. The molecule has 2 N–H and O–H groups in total. The van der Waals surface area contributed by atoms with Crippen LogP contribution in [0.1, 0.15) is 35.0 Å². The summed E-state index contributed by atoms with van der Waals surface area (Å²) in [5, 5.41) is 21.2. The highest BCUT2D eigenvalue weighted by Gasteiger charge is 2.54. The number of aliphatic hydroxyl groups is 2. The van der Waals surface area contributed by atoms with Crippen LogP contribution in [0.25, 0.3) is 10.6 Å². The Kier molecular flexibility index (Phi) is 4.99. The molecule has 158 valence electrons. The zero-order chi connectivity index (χ0) is 20.9. The van der Waals surface area contributed by atoms with Crippen LogP contribution in [0, 0.1) is 11.7 Å². The van der Waals surface area contributed by atoms with Gasteiger partial charge in [-0.15, -0.1) is 11.3 Å². The summed E-state index contributed by atoms with van der Waals surface area (Å²) in [6.07, 6.45) is 3.02. The first kappa shape index (κ1) is 19.8. The molecule has 3 aromatic rings. The van der Waals surface area contributed by atoms with Crippen molar-refractivity contribution in [2.24, 2.45) is 5.92 Å². The molecule has 5 rings (SSSR count). The van der Waals surface area contributed by atoms with Gasteiger partial charge in [-0.1, -0.05) is 0 Å². The van der Waals surface area contributed by atoms with Crippen LogP contribution >= 0.6 is 11.3 Å². The Balaban J connectivity index is 1.50. The molecule has 1 unspecified atom stereocenters. The normalized spacial score (nSPS) is 28.2. The third-order valence-corrected chi connectivity index (χ3v) is 6.86. The van der Waals surface area contributed by atoms with Crippen LogP contribution in [0.15, 0.2) is 41.1 Å². The van der Waals surface area contributed by atoms with Crippen molar-refractivity contribution in [2.75, 3.05) is 6.61 Å². The minimum Gasteiger partial charge on any atom is -0.463 e. The minimum absolute atomic E-state index is 0.169. The fraction of sp³-hybridized carbons (Fsp3) is 0.409. The van der Waals surface area contributed by atoms with Gasteiger partial charge >= 0.3 is 0 Å². The van der Waals surface area contributed by atoms with E-state index in [0.29, 0.717) is 29.5 Å². The van der Waals surface area contributed by atoms with Crippen LogP contribution in [0.3, 0.4) is 0 Å². The Morgan fingerprint density at radius 2 is 2.23 bits per heavy atom. The van der Waals surface area contributed by atoms with Crippen molar-refractivity contribution in [3.8, 4) is 10.6 Å². The summed E-state index contributed by atoms with van der Waals surface area (Å²) in [6.45, 7) is 1.73. The maximum Gasteiger partial charge on any atom is 0.203 e. The van der Waals surface area contributed by atoms with Gasteiger partial charge in [0.05, 0.1) is 47.5 Å². The largest absolute Gasteiger partial charge is 0.463 e. The maximum absolute atomic E-state index is 14.9. The maximum atomic E-state index is 14.9. The Hall–Kier alpha value is -2.10. The van der Waals surface area contributed by atoms with E-state index in [1.807, 2.05) is 19.1 Å². The third-order valence-electron chi connectivity index (χ3n) is 5.85. The molecule has 0 radical (unpaired) electrons. The summed E-state index contributed by atoms with van der Waals surface area (Å²) in [6, 6.07) is 6.87. The number of benzene rings is 1. The van der Waals surface area contributed by atoms with Gasteiger partial charge in [0, 0.05) is 18.2 Å². The van der Waals surface area contributed by atoms with Crippen molar-refractivity contribution in [3.63, 3.8) is 0 Å². The van der Waals surface area contributed by atoms with Gasteiger partial charge < -0.3 is 24.1 Å². The summed E-state index contributed by atoms with van der Waals surface area (Å²) < 4.78 is 32.4. The highest BCUT2D eigenvalue weighted by atomic mass is 32.1. The third kappa shape index (κ3) is 3.19. The zero-order valence-corrected chi connectivity index (χ0v) is 17.2. The van der Waals surface area contributed by atoms with Gasteiger partial charge in [-0.3, -0.25) is 0 Å². The van der Waals surface area contributed by atoms with Gasteiger partial charge in [-0.05, 0) is 48.7 Å². The molecular formula is C22H22FNO5S. The summed E-state index contributed by atoms with van der Waals surface area (Å²) in [5.74, 6) is -1.52. The number of hydrogen-bond donors (Lipinski definition) is 2. The lowest BCUT2D eigenvalue weighted by Gasteiger charge is -2.45. The molecule has 1 saturated heterocycles. The molecule has 2 aliphatic rings. The van der Waals surface area contributed by atoms with Crippen LogP contribution in [0.4, 0.5) is 4.39 Å². The van der Waals surface area contributed by atoms with E-state index in [-0.39, 0.29) is 25.1 Å². The second-order valence-corrected chi connectivity index (χ2v) is 8.97. The smallest absolute Gasteiger partial charge is 0.203 e. The number of rotatable bonds is 4. The van der Waals surface area contributed by atoms with Gasteiger partial charge in [0.15, 0.2) is 0 Å². The summed E-state index contributed by atoms with van der Waals surface area (Å²) >= 11 is 1.45. The highest BCUT2D eigenvalue weighted by molar-refractivity contribution is 7.15. The van der Waals surface area contributed by atoms with Crippen molar-refractivity contribution in [2.45, 2.75) is 44.4 Å². The van der Waals surface area contributed by atoms with E-state index in [1.54, 1.807) is 18.5 Å². The Morgan fingerprint density at radius 3 is 3.00 bits per heavy atom. The lowest BCUT2D eigenvalue weighted by atomic mass is 9.81. The fourth-order valence-corrected chi connectivity index (χ4v) is 5.34. The molecule has 0 saturated carbocycles. The molecule has 0 bridgehead atoms. The standard InChI is InChI=1S/C22H22FNO5S/c1-12-5-18(26)16(10-25)22(29-12)15-6-13(17(23)7-14(15)11-28-22)8-21-24-9-20(30-21)19-3-2-4-27-19/h2-4,6-7,9,12,16,18,25-26H,5,8,10-11H2,1H3/t12-,16?,18+,22+/m1/s1. The van der Waals surface area contributed by atoms with E-state index in [0.717, 1.165) is 15.6 Å². The summed E-state index contributed by atoms with van der Waals surface area (Å²) in [7, 11) is 0. The van der Waals surface area contributed by atoms with Crippen molar-refractivity contribution < 1.29 is 28.5 Å². The molecule has 8 heteroatoms. The fourth-order valence-electron chi connectivity index (χ4n) is 4.43. The van der Waals surface area contributed by atoms with E-state index in [4.69, 9.17) is 13.9 Å². The van der Waals surface area contributed by atoms with Crippen LogP contribution in [0.2, 0.25) is 0 Å². The number of halogens is 1. The topological polar surface area (TPSA) is 85.0 Å². The molecule has 4 atom stereocenters. The zero-order valence-electron chi connectivity index (χ0n) is 16.4. The molecule has 1 fully saturated rings. The predicted octanol–water partition coefficient (Wildman–Crippen LogP) is 3.59. The first-order valence-corrected chi connectivity index (χ1v) is 10.7. The second-order valence-electron chi connectivity index (χ2n) is 7.85. The van der Waals surface area contributed by atoms with E-state index in [2.05, 4.69) is 4.98 Å². The van der Waals surface area contributed by atoms with Crippen LogP contribution in [0.5, 0.6) is 0 Å². The predicted molar refractivity (Wildman–Crippen MR) is 107 cm³/mol. The first-order chi connectivity index (χ1) is 14.5. The highest BCUT2D eigenvalue weighted by Crippen LogP contribution is 2.49. The minimum atomic E-state index is -1.27. The molecule has 0 amide bonds. The molecule has 4 heterocycles. The van der Waals surface area contributed by atoms with Gasteiger partial charge in [0.1, 0.15) is 11.6 Å². The van der Waals surface area contributed by atoms with Gasteiger partial charge in [0.25, 0.3) is 0 Å². The number of hydrogen-bond acceptors (Lipinski definition) is 7. The summed E-state index contributed by atoms with van der Waals surface area (Å²) in [5.41, 5.74) is 1.81. The Labute approximate surface area is 176 Å². The molecule has 0 aliphatic carbocycles. The number of thiazole rings is 1. The molecule has 6 nitrogen and oxygen atoms in total. The molecule has 30 heavy (non-hydrogen) atoms. The van der Waals surface area contributed by atoms with E-state index < -0.39 is 17.8 Å². The van der Waals surface area contributed by atoms with Crippen molar-refractivity contribution >= 4 is 11.3 Å².